The van der Waals surface area contributed by atoms with Crippen LogP contribution in [0.3, 0.4) is 0 Å². The Bertz CT molecular complexity index is 1360. The minimum Gasteiger partial charge on any atom is -0.478 e. The van der Waals surface area contributed by atoms with Crippen LogP contribution in [0.4, 0.5) is 0 Å². The molecule has 4 heterocycles. The summed E-state index contributed by atoms with van der Waals surface area (Å²) in [5, 5.41) is 25.2. The van der Waals surface area contributed by atoms with Gasteiger partial charge in [0, 0.05) is 44.1 Å². The fourth-order valence-electron chi connectivity index (χ4n) is 4.73. The lowest BCUT2D eigenvalue weighted by molar-refractivity contribution is -0.134. The van der Waals surface area contributed by atoms with E-state index in [1.807, 2.05) is 45.7 Å². The first-order valence-corrected chi connectivity index (χ1v) is 14.3. The number of hydrogen-bond donors (Lipinski definition) is 2. The predicted octanol–water partition coefficient (Wildman–Crippen LogP) is 4.90. The van der Waals surface area contributed by atoms with Crippen molar-refractivity contribution in [2.75, 3.05) is 26.2 Å². The molecule has 218 valence electrons. The van der Waals surface area contributed by atoms with E-state index in [1.165, 1.54) is 45.3 Å². The van der Waals surface area contributed by atoms with E-state index in [4.69, 9.17) is 25.1 Å². The van der Waals surface area contributed by atoms with E-state index in [2.05, 4.69) is 36.1 Å². The molecule has 2 N–H and O–H groups in total. The summed E-state index contributed by atoms with van der Waals surface area (Å²) in [6.07, 6.45) is 12.0. The summed E-state index contributed by atoms with van der Waals surface area (Å²) in [6, 6.07) is 16.5. The van der Waals surface area contributed by atoms with Crippen molar-refractivity contribution in [3.63, 3.8) is 0 Å². The number of aromatic nitrogens is 4. The Labute approximate surface area is 239 Å². The second kappa shape index (κ2) is 15.1. The Hall–Kier alpha value is -4.02. The van der Waals surface area contributed by atoms with Gasteiger partial charge in [-0.3, -0.25) is 0 Å². The zero-order valence-corrected chi connectivity index (χ0v) is 23.5. The highest BCUT2D eigenvalue weighted by Gasteiger charge is 2.24. The smallest absolute Gasteiger partial charge is 0.328 e. The van der Waals surface area contributed by atoms with Crippen LogP contribution in [0.25, 0.3) is 11.0 Å². The van der Waals surface area contributed by atoms with E-state index < -0.39 is 11.9 Å². The number of fused-ring (bicyclic) bond motifs is 2. The maximum absolute atomic E-state index is 9.55. The van der Waals surface area contributed by atoms with Gasteiger partial charge in [-0.2, -0.15) is 10.2 Å². The molecule has 0 radical (unpaired) electrons. The third-order valence-corrected chi connectivity index (χ3v) is 6.84. The molecule has 1 fully saturated rings. The number of unbranched alkanes of at least 4 members (excludes halogenated alkanes) is 1. The van der Waals surface area contributed by atoms with Crippen LogP contribution >= 0.6 is 0 Å². The van der Waals surface area contributed by atoms with Gasteiger partial charge in [-0.15, -0.1) is 0 Å². The molecule has 41 heavy (non-hydrogen) atoms. The maximum atomic E-state index is 9.55. The van der Waals surface area contributed by atoms with Crippen LogP contribution in [0.2, 0.25) is 0 Å². The van der Waals surface area contributed by atoms with Crippen molar-refractivity contribution in [3.05, 3.63) is 84.5 Å². The molecule has 1 atom stereocenters. The minimum atomic E-state index is -1.26. The highest BCUT2D eigenvalue weighted by atomic mass is 16.5. The van der Waals surface area contributed by atoms with Crippen molar-refractivity contribution >= 4 is 23.0 Å². The summed E-state index contributed by atoms with van der Waals surface area (Å²) in [6.45, 7) is 6.71. The lowest BCUT2D eigenvalue weighted by Gasteiger charge is -2.21. The topological polar surface area (TPSA) is 122 Å². The van der Waals surface area contributed by atoms with Gasteiger partial charge in [0.25, 0.3) is 0 Å². The van der Waals surface area contributed by atoms with Gasteiger partial charge in [0.2, 0.25) is 0 Å². The summed E-state index contributed by atoms with van der Waals surface area (Å²) in [5.41, 5.74) is 4.20. The zero-order valence-electron chi connectivity index (χ0n) is 23.5. The summed E-state index contributed by atoms with van der Waals surface area (Å²) >= 11 is 0. The van der Waals surface area contributed by atoms with Crippen molar-refractivity contribution in [2.24, 2.45) is 5.92 Å². The van der Waals surface area contributed by atoms with Crippen LogP contribution in [0, 0.1) is 5.92 Å². The second-order valence-corrected chi connectivity index (χ2v) is 10.4. The Morgan fingerprint density at radius 3 is 2.22 bits per heavy atom. The average molecular weight is 562 g/mol. The fraction of sp³-hybridized carbons (Fsp3) is 0.419. The third kappa shape index (κ3) is 9.84. The quantitative estimate of drug-likeness (QED) is 0.155. The highest BCUT2D eigenvalue weighted by molar-refractivity contribution is 5.89. The molecule has 1 unspecified atom stereocenters. The van der Waals surface area contributed by atoms with Crippen molar-refractivity contribution in [1.82, 2.24) is 24.1 Å². The van der Waals surface area contributed by atoms with E-state index in [-0.39, 0.29) is 6.10 Å². The first-order chi connectivity index (χ1) is 19.9. The molecule has 0 bridgehead atoms. The lowest BCUT2D eigenvalue weighted by Crippen LogP contribution is -2.28. The van der Waals surface area contributed by atoms with E-state index >= 15 is 0 Å². The molecule has 1 aliphatic rings. The Morgan fingerprint density at radius 1 is 0.976 bits per heavy atom. The molecule has 5 rings (SSSR count). The van der Waals surface area contributed by atoms with E-state index in [9.17, 15) is 9.59 Å². The molecule has 0 aromatic carbocycles. The molecule has 10 heteroatoms. The number of rotatable bonds is 15. The van der Waals surface area contributed by atoms with Crippen molar-refractivity contribution in [3.8, 4) is 0 Å². The summed E-state index contributed by atoms with van der Waals surface area (Å²) in [5.74, 6) is -1.56. The van der Waals surface area contributed by atoms with Crippen LogP contribution in [-0.2, 0) is 20.7 Å². The summed E-state index contributed by atoms with van der Waals surface area (Å²) < 4.78 is 10.3. The molecular formula is C31H39N5O5. The van der Waals surface area contributed by atoms with Crippen LogP contribution in [0.15, 0.2) is 73.1 Å². The van der Waals surface area contributed by atoms with Crippen molar-refractivity contribution < 1.29 is 24.5 Å². The van der Waals surface area contributed by atoms with Crippen LogP contribution < -0.4 is 0 Å². The molecule has 0 aliphatic heterocycles. The van der Waals surface area contributed by atoms with Gasteiger partial charge in [-0.25, -0.2) is 18.6 Å². The molecule has 0 spiro atoms. The Morgan fingerprint density at radius 2 is 1.63 bits per heavy atom. The van der Waals surface area contributed by atoms with Crippen LogP contribution in [-0.4, -0.2) is 72.5 Å². The molecule has 1 saturated carbocycles. The van der Waals surface area contributed by atoms with E-state index in [0.29, 0.717) is 12.2 Å². The molecule has 4 aromatic heterocycles. The van der Waals surface area contributed by atoms with Gasteiger partial charge in [-0.05, 0) is 87.5 Å². The minimum absolute atomic E-state index is 0.104. The Balaban J connectivity index is 0.000000426. The van der Waals surface area contributed by atoms with E-state index in [0.717, 1.165) is 47.8 Å². The molecule has 10 nitrogen and oxygen atoms in total. The number of hydrogen-bond acceptors (Lipinski definition) is 6. The van der Waals surface area contributed by atoms with Gasteiger partial charge < -0.3 is 19.8 Å². The van der Waals surface area contributed by atoms with Crippen LogP contribution in [0.1, 0.15) is 56.5 Å². The van der Waals surface area contributed by atoms with Gasteiger partial charge >= 0.3 is 11.9 Å². The van der Waals surface area contributed by atoms with Gasteiger partial charge in [-0.1, -0.05) is 19.1 Å². The predicted molar refractivity (Wildman–Crippen MR) is 156 cm³/mol. The molecular weight excluding hydrogens is 522 g/mol. The second-order valence-electron chi connectivity index (χ2n) is 10.4. The SMILES string of the molecule is CCCN(CCCCOC(Cc1cc2ccccn2n1)c1cc2ccccn2n1)CC1CC1.O=C(O)C=CC(=O)O. The van der Waals surface area contributed by atoms with E-state index in [1.54, 1.807) is 0 Å². The molecule has 4 aromatic rings. The Kier molecular flexibility index (Phi) is 11.0. The third-order valence-electron chi connectivity index (χ3n) is 6.84. The number of carbonyl (C=O) groups is 2. The summed E-state index contributed by atoms with van der Waals surface area (Å²) in [7, 11) is 0. The number of carboxylic acid groups (broad SMARTS) is 2. The van der Waals surface area contributed by atoms with Crippen LogP contribution in [0.5, 0.6) is 0 Å². The largest absolute Gasteiger partial charge is 0.478 e. The standard InChI is InChI=1S/C27H35N5O.C4H4O4/c1-2-13-30(21-22-11-12-22)14-7-8-17-33-27(26-20-25-10-4-6-16-32(25)29-26)19-23-18-24-9-3-5-15-31(24)28-23;5-3(6)1-2-4(7)8/h3-6,9-10,15-16,18,20,22,27H,2,7-8,11-14,17,19,21H2,1H3;1-2H,(H,5,6)(H,7,8). The summed E-state index contributed by atoms with van der Waals surface area (Å²) in [4.78, 5) is 21.8. The molecule has 0 amide bonds. The fourth-order valence-corrected chi connectivity index (χ4v) is 4.73. The number of pyridine rings is 2. The average Bonchev–Trinajstić information content (AvgIpc) is 3.50. The molecule has 1 aliphatic carbocycles. The number of aliphatic carboxylic acids is 2. The highest BCUT2D eigenvalue weighted by Crippen LogP contribution is 2.30. The monoisotopic (exact) mass is 561 g/mol. The normalized spacial score (nSPS) is 14.0. The first kappa shape index (κ1) is 30.0. The van der Waals surface area contributed by atoms with Crippen molar-refractivity contribution in [2.45, 2.75) is 51.6 Å². The molecule has 0 saturated heterocycles. The lowest BCUT2D eigenvalue weighted by atomic mass is 10.1. The zero-order chi connectivity index (χ0) is 29.0. The van der Waals surface area contributed by atoms with Crippen molar-refractivity contribution in [1.29, 1.82) is 0 Å². The first-order valence-electron chi connectivity index (χ1n) is 14.3. The van der Waals surface area contributed by atoms with Gasteiger partial charge in [0.1, 0.15) is 6.10 Å². The van der Waals surface area contributed by atoms with Gasteiger partial charge in [0.15, 0.2) is 0 Å². The number of nitrogens with zero attached hydrogens (tertiary/aromatic N) is 5. The maximum Gasteiger partial charge on any atom is 0.328 e. The number of ether oxygens (including phenoxy) is 1. The number of carboxylic acids is 2. The van der Waals surface area contributed by atoms with Gasteiger partial charge in [0.05, 0.1) is 22.4 Å².